The molecule has 0 heterocycles. The van der Waals surface area contributed by atoms with Crippen LogP contribution in [0.15, 0.2) is 0 Å². The predicted octanol–water partition coefficient (Wildman–Crippen LogP) is 2.33. The highest BCUT2D eigenvalue weighted by Crippen LogP contribution is 2.19. The lowest BCUT2D eigenvalue weighted by atomic mass is 9.88. The van der Waals surface area contributed by atoms with E-state index in [1.807, 2.05) is 20.8 Å². The molecule has 0 unspecified atom stereocenters. The topological polar surface area (TPSA) is 55.4 Å². The normalized spacial score (nSPS) is 14.1. The molecule has 0 aromatic carbocycles. The average molecular weight is 228 g/mol. The summed E-state index contributed by atoms with van der Waals surface area (Å²) in [6.07, 6.45) is 1.88. The SMILES string of the molecule is CC(C)(C)[CH][C@H](C=O)NC(=O)OC(C)(C)C. The molecule has 4 nitrogen and oxygen atoms in total. The van der Waals surface area contributed by atoms with Crippen molar-refractivity contribution in [2.24, 2.45) is 5.41 Å². The summed E-state index contributed by atoms with van der Waals surface area (Å²) >= 11 is 0. The lowest BCUT2D eigenvalue weighted by Gasteiger charge is -2.25. The van der Waals surface area contributed by atoms with Crippen LogP contribution < -0.4 is 5.32 Å². The number of aldehydes is 1. The lowest BCUT2D eigenvalue weighted by molar-refractivity contribution is -0.109. The zero-order valence-electron chi connectivity index (χ0n) is 11.0. The Labute approximate surface area is 97.7 Å². The summed E-state index contributed by atoms with van der Waals surface area (Å²) in [5.41, 5.74) is -0.695. The number of alkyl carbamates (subject to hydrolysis) is 1. The van der Waals surface area contributed by atoms with E-state index in [2.05, 4.69) is 5.32 Å². The van der Waals surface area contributed by atoms with Crippen molar-refractivity contribution in [3.8, 4) is 0 Å². The zero-order chi connectivity index (χ0) is 13.0. The summed E-state index contributed by atoms with van der Waals surface area (Å²) in [5.74, 6) is 0. The molecule has 1 amide bonds. The summed E-state index contributed by atoms with van der Waals surface area (Å²) < 4.78 is 5.06. The summed E-state index contributed by atoms with van der Waals surface area (Å²) in [5, 5.41) is 2.50. The average Bonchev–Trinajstić information content (AvgIpc) is 1.96. The molecule has 4 heteroatoms. The highest BCUT2D eigenvalue weighted by Gasteiger charge is 2.23. The maximum absolute atomic E-state index is 11.4. The van der Waals surface area contributed by atoms with Crippen LogP contribution >= 0.6 is 0 Å². The Bertz CT molecular complexity index is 248. The minimum absolute atomic E-state index is 0.138. The van der Waals surface area contributed by atoms with Crippen LogP contribution in [0.5, 0.6) is 0 Å². The van der Waals surface area contributed by atoms with Crippen molar-refractivity contribution >= 4 is 12.4 Å². The Morgan fingerprint density at radius 2 is 1.69 bits per heavy atom. The van der Waals surface area contributed by atoms with Crippen LogP contribution in [0.3, 0.4) is 0 Å². The van der Waals surface area contributed by atoms with Gasteiger partial charge in [0.25, 0.3) is 0 Å². The summed E-state index contributed by atoms with van der Waals surface area (Å²) in [4.78, 5) is 22.2. The number of hydrogen-bond acceptors (Lipinski definition) is 3. The van der Waals surface area contributed by atoms with Gasteiger partial charge in [-0.25, -0.2) is 4.79 Å². The van der Waals surface area contributed by atoms with Gasteiger partial charge in [-0.15, -0.1) is 0 Å². The number of amides is 1. The molecule has 0 aliphatic carbocycles. The van der Waals surface area contributed by atoms with Crippen LogP contribution in [0.25, 0.3) is 0 Å². The monoisotopic (exact) mass is 228 g/mol. The van der Waals surface area contributed by atoms with Gasteiger partial charge >= 0.3 is 6.09 Å². The molecular weight excluding hydrogens is 206 g/mol. The quantitative estimate of drug-likeness (QED) is 0.754. The summed E-state index contributed by atoms with van der Waals surface area (Å²) in [6.45, 7) is 11.2. The van der Waals surface area contributed by atoms with Crippen molar-refractivity contribution in [3.63, 3.8) is 0 Å². The third-order valence-electron chi connectivity index (χ3n) is 1.51. The molecule has 0 saturated heterocycles. The second kappa shape index (κ2) is 5.32. The second-order valence-corrected chi connectivity index (χ2v) is 5.84. The first-order valence-corrected chi connectivity index (χ1v) is 5.34. The summed E-state index contributed by atoms with van der Waals surface area (Å²) in [6, 6.07) is -0.616. The van der Waals surface area contributed by atoms with Gasteiger partial charge in [-0.05, 0) is 32.6 Å². The molecule has 0 aromatic rings. The molecule has 1 atom stereocenters. The maximum atomic E-state index is 11.4. The van der Waals surface area contributed by atoms with E-state index in [0.717, 1.165) is 0 Å². The first-order chi connectivity index (χ1) is 7.03. The molecule has 0 fully saturated rings. The Morgan fingerprint density at radius 3 is 2.00 bits per heavy atom. The van der Waals surface area contributed by atoms with Crippen LogP contribution in [0.1, 0.15) is 41.5 Å². The van der Waals surface area contributed by atoms with Crippen LogP contribution in [0.4, 0.5) is 4.79 Å². The van der Waals surface area contributed by atoms with Crippen LogP contribution in [0.2, 0.25) is 0 Å². The van der Waals surface area contributed by atoms with E-state index >= 15 is 0 Å². The van der Waals surface area contributed by atoms with Crippen molar-refractivity contribution in [1.82, 2.24) is 5.32 Å². The first-order valence-electron chi connectivity index (χ1n) is 5.34. The van der Waals surface area contributed by atoms with Crippen molar-refractivity contribution in [1.29, 1.82) is 0 Å². The van der Waals surface area contributed by atoms with Gasteiger partial charge in [0.2, 0.25) is 0 Å². The fourth-order valence-corrected chi connectivity index (χ4v) is 1.10. The van der Waals surface area contributed by atoms with Crippen molar-refractivity contribution < 1.29 is 14.3 Å². The van der Waals surface area contributed by atoms with Gasteiger partial charge in [0, 0.05) is 0 Å². The smallest absolute Gasteiger partial charge is 0.408 e. The molecule has 1 radical (unpaired) electrons. The fraction of sp³-hybridized carbons (Fsp3) is 0.750. The molecule has 0 saturated carbocycles. The fourth-order valence-electron chi connectivity index (χ4n) is 1.10. The molecular formula is C12H22NO3. The first kappa shape index (κ1) is 14.9. The van der Waals surface area contributed by atoms with Gasteiger partial charge in [-0.2, -0.15) is 0 Å². The van der Waals surface area contributed by atoms with E-state index in [1.165, 1.54) is 0 Å². The van der Waals surface area contributed by atoms with Gasteiger partial charge in [0.15, 0.2) is 0 Å². The number of hydrogen-bond donors (Lipinski definition) is 1. The molecule has 1 N–H and O–H groups in total. The number of rotatable bonds is 3. The van der Waals surface area contributed by atoms with E-state index in [9.17, 15) is 9.59 Å². The predicted molar refractivity (Wildman–Crippen MR) is 63.0 cm³/mol. The molecule has 0 aliphatic heterocycles. The van der Waals surface area contributed by atoms with Gasteiger partial charge < -0.3 is 14.8 Å². The van der Waals surface area contributed by atoms with E-state index in [-0.39, 0.29) is 5.41 Å². The summed E-state index contributed by atoms with van der Waals surface area (Å²) in [7, 11) is 0. The highest BCUT2D eigenvalue weighted by atomic mass is 16.6. The Balaban J connectivity index is 4.24. The third-order valence-corrected chi connectivity index (χ3v) is 1.51. The minimum atomic E-state index is -0.616. The van der Waals surface area contributed by atoms with Crippen molar-refractivity contribution in [3.05, 3.63) is 6.42 Å². The van der Waals surface area contributed by atoms with E-state index < -0.39 is 17.7 Å². The third kappa shape index (κ3) is 8.26. The van der Waals surface area contributed by atoms with Crippen molar-refractivity contribution in [2.75, 3.05) is 0 Å². The van der Waals surface area contributed by atoms with Gasteiger partial charge in [0.1, 0.15) is 11.9 Å². The van der Waals surface area contributed by atoms with Gasteiger partial charge in [0.05, 0.1) is 6.04 Å². The Kier molecular flexibility index (Phi) is 4.97. The molecule has 93 valence electrons. The van der Waals surface area contributed by atoms with Crippen molar-refractivity contribution in [2.45, 2.75) is 53.2 Å². The number of nitrogens with one attached hydrogen (secondary N) is 1. The van der Waals surface area contributed by atoms with E-state index in [4.69, 9.17) is 4.74 Å². The largest absolute Gasteiger partial charge is 0.444 e. The maximum Gasteiger partial charge on any atom is 0.408 e. The Hall–Kier alpha value is -1.06. The van der Waals surface area contributed by atoms with E-state index in [1.54, 1.807) is 27.2 Å². The Morgan fingerprint density at radius 1 is 1.19 bits per heavy atom. The molecule has 16 heavy (non-hydrogen) atoms. The van der Waals surface area contributed by atoms with Gasteiger partial charge in [-0.1, -0.05) is 20.8 Å². The molecule has 0 aliphatic rings. The van der Waals surface area contributed by atoms with Crippen LogP contribution in [-0.2, 0) is 9.53 Å². The molecule has 0 rings (SSSR count). The molecule has 0 aromatic heterocycles. The minimum Gasteiger partial charge on any atom is -0.444 e. The standard InChI is InChI=1S/C12H22NO3/c1-11(2,3)7-9(8-14)13-10(15)16-12(4,5)6/h7-9H,1-6H3,(H,13,15)/t9-/m1/s1. The van der Waals surface area contributed by atoms with E-state index in [0.29, 0.717) is 6.29 Å². The second-order valence-electron chi connectivity index (χ2n) is 5.84. The zero-order valence-corrected chi connectivity index (χ0v) is 11.0. The van der Waals surface area contributed by atoms with Crippen LogP contribution in [0, 0.1) is 11.8 Å². The lowest BCUT2D eigenvalue weighted by Crippen LogP contribution is -2.42. The number of ether oxygens (including phenoxy) is 1. The number of carbonyl (C=O) groups is 2. The van der Waals surface area contributed by atoms with Crippen LogP contribution in [-0.4, -0.2) is 24.0 Å². The molecule has 0 bridgehead atoms. The molecule has 0 spiro atoms. The van der Waals surface area contributed by atoms with Gasteiger partial charge in [-0.3, -0.25) is 0 Å². The number of carbonyl (C=O) groups excluding carboxylic acids is 2. The highest BCUT2D eigenvalue weighted by molar-refractivity contribution is 5.74.